The molecule has 9 heteroatoms. The molecular formula is C19H22FN5O2S. The molecule has 2 aromatic heterocycles. The molecule has 0 N–H and O–H groups in total. The van der Waals surface area contributed by atoms with Gasteiger partial charge in [-0.2, -0.15) is 0 Å². The molecule has 0 saturated carbocycles. The number of ether oxygens (including phenoxy) is 1. The van der Waals surface area contributed by atoms with Crippen molar-refractivity contribution in [2.24, 2.45) is 0 Å². The van der Waals surface area contributed by atoms with Crippen molar-refractivity contribution in [1.82, 2.24) is 24.8 Å². The van der Waals surface area contributed by atoms with E-state index < -0.39 is 0 Å². The molecule has 1 aromatic carbocycles. The molecule has 7 nitrogen and oxygen atoms in total. The van der Waals surface area contributed by atoms with E-state index in [1.54, 1.807) is 23.9 Å². The highest BCUT2D eigenvalue weighted by atomic mass is 32.2. The third-order valence-electron chi connectivity index (χ3n) is 4.58. The van der Waals surface area contributed by atoms with Gasteiger partial charge in [0.25, 0.3) is 0 Å². The molecule has 0 atom stereocenters. The highest BCUT2D eigenvalue weighted by molar-refractivity contribution is 7.98. The van der Waals surface area contributed by atoms with Gasteiger partial charge in [-0.3, -0.25) is 4.90 Å². The van der Waals surface area contributed by atoms with Crippen molar-refractivity contribution in [2.75, 3.05) is 32.8 Å². The standard InChI is InChI=1S/C19H22FN5O2S/c1-14-12-17(27-23-14)13-28-19-22-21-18(15-2-4-16(20)5-3-15)25(19)7-6-24-8-10-26-11-9-24/h2-5,12H,6-11,13H2,1H3. The highest BCUT2D eigenvalue weighted by Gasteiger charge is 2.17. The van der Waals surface area contributed by atoms with Crippen LogP contribution in [0.2, 0.25) is 0 Å². The third kappa shape index (κ3) is 4.60. The fourth-order valence-corrected chi connectivity index (χ4v) is 3.94. The van der Waals surface area contributed by atoms with Crippen LogP contribution in [0.1, 0.15) is 11.5 Å². The Morgan fingerprint density at radius 1 is 1.11 bits per heavy atom. The summed E-state index contributed by atoms with van der Waals surface area (Å²) in [6.45, 7) is 6.90. The van der Waals surface area contributed by atoms with E-state index in [4.69, 9.17) is 9.26 Å². The summed E-state index contributed by atoms with van der Waals surface area (Å²) in [5, 5.41) is 13.5. The first-order valence-electron chi connectivity index (χ1n) is 9.23. The first-order valence-corrected chi connectivity index (χ1v) is 10.2. The van der Waals surface area contributed by atoms with E-state index in [1.807, 2.05) is 13.0 Å². The van der Waals surface area contributed by atoms with Crippen LogP contribution >= 0.6 is 11.8 Å². The normalized spacial score (nSPS) is 15.2. The van der Waals surface area contributed by atoms with E-state index in [1.165, 1.54) is 12.1 Å². The van der Waals surface area contributed by atoms with E-state index in [9.17, 15) is 4.39 Å². The highest BCUT2D eigenvalue weighted by Crippen LogP contribution is 2.27. The summed E-state index contributed by atoms with van der Waals surface area (Å²) < 4.78 is 26.1. The molecule has 0 amide bonds. The average Bonchev–Trinajstić information content (AvgIpc) is 3.32. The Hall–Kier alpha value is -2.23. The van der Waals surface area contributed by atoms with Crippen molar-refractivity contribution < 1.29 is 13.7 Å². The predicted octanol–water partition coefficient (Wildman–Crippen LogP) is 3.01. The Morgan fingerprint density at radius 2 is 1.89 bits per heavy atom. The molecule has 0 unspecified atom stereocenters. The number of hydrogen-bond donors (Lipinski definition) is 0. The maximum Gasteiger partial charge on any atom is 0.191 e. The maximum absolute atomic E-state index is 13.3. The van der Waals surface area contributed by atoms with E-state index in [0.717, 1.165) is 67.4 Å². The first-order chi connectivity index (χ1) is 13.7. The second-order valence-electron chi connectivity index (χ2n) is 6.64. The number of aromatic nitrogens is 4. The Kier molecular flexibility index (Phi) is 6.04. The smallest absolute Gasteiger partial charge is 0.191 e. The van der Waals surface area contributed by atoms with Gasteiger partial charge in [0.15, 0.2) is 11.0 Å². The van der Waals surface area contributed by atoms with Crippen LogP contribution in [-0.4, -0.2) is 57.7 Å². The fourth-order valence-electron chi connectivity index (χ4n) is 3.10. The zero-order valence-electron chi connectivity index (χ0n) is 15.7. The van der Waals surface area contributed by atoms with Gasteiger partial charge in [0.05, 0.1) is 24.7 Å². The Bertz CT molecular complexity index is 905. The zero-order chi connectivity index (χ0) is 19.3. The SMILES string of the molecule is Cc1cc(CSc2nnc(-c3ccc(F)cc3)n2CCN2CCOCC2)on1. The van der Waals surface area contributed by atoms with Crippen LogP contribution < -0.4 is 0 Å². The minimum absolute atomic E-state index is 0.265. The van der Waals surface area contributed by atoms with E-state index in [0.29, 0.717) is 5.75 Å². The topological polar surface area (TPSA) is 69.2 Å². The van der Waals surface area contributed by atoms with Crippen molar-refractivity contribution in [2.45, 2.75) is 24.4 Å². The fraction of sp³-hybridized carbons (Fsp3) is 0.421. The van der Waals surface area contributed by atoms with Crippen LogP contribution in [0.4, 0.5) is 4.39 Å². The lowest BCUT2D eigenvalue weighted by molar-refractivity contribution is 0.0361. The summed E-state index contributed by atoms with van der Waals surface area (Å²) >= 11 is 1.56. The minimum Gasteiger partial charge on any atom is -0.379 e. The number of halogens is 1. The second-order valence-corrected chi connectivity index (χ2v) is 7.58. The van der Waals surface area contributed by atoms with Crippen LogP contribution in [-0.2, 0) is 17.0 Å². The van der Waals surface area contributed by atoms with Crippen molar-refractivity contribution in [1.29, 1.82) is 0 Å². The van der Waals surface area contributed by atoms with Crippen LogP contribution in [0.15, 0.2) is 40.0 Å². The van der Waals surface area contributed by atoms with Crippen LogP contribution in [0.5, 0.6) is 0 Å². The predicted molar refractivity (Wildman–Crippen MR) is 103 cm³/mol. The van der Waals surface area contributed by atoms with Gasteiger partial charge in [0.1, 0.15) is 11.6 Å². The Morgan fingerprint density at radius 3 is 2.61 bits per heavy atom. The molecule has 4 rings (SSSR count). The first kappa shape index (κ1) is 19.1. The van der Waals surface area contributed by atoms with Gasteiger partial charge in [-0.25, -0.2) is 4.39 Å². The molecule has 0 bridgehead atoms. The summed E-state index contributed by atoms with van der Waals surface area (Å²) in [6, 6.07) is 8.28. The molecule has 1 aliphatic rings. The molecule has 0 radical (unpaired) electrons. The summed E-state index contributed by atoms with van der Waals surface area (Å²) in [5.74, 6) is 1.90. The average molecular weight is 403 g/mol. The zero-order valence-corrected chi connectivity index (χ0v) is 16.5. The van der Waals surface area contributed by atoms with Gasteiger partial charge in [-0.05, 0) is 31.2 Å². The molecule has 148 valence electrons. The number of hydrogen-bond acceptors (Lipinski definition) is 7. The molecule has 3 aromatic rings. The summed E-state index contributed by atoms with van der Waals surface area (Å²) in [6.07, 6.45) is 0. The number of nitrogens with zero attached hydrogens (tertiary/aromatic N) is 5. The van der Waals surface area contributed by atoms with Crippen molar-refractivity contribution >= 4 is 11.8 Å². The van der Waals surface area contributed by atoms with Crippen LogP contribution in [0, 0.1) is 12.7 Å². The quantitative estimate of drug-likeness (QED) is 0.562. The number of aryl methyl sites for hydroxylation is 1. The molecular weight excluding hydrogens is 381 g/mol. The summed E-state index contributed by atoms with van der Waals surface area (Å²) in [4.78, 5) is 2.37. The lowest BCUT2D eigenvalue weighted by Gasteiger charge is -2.27. The van der Waals surface area contributed by atoms with Crippen LogP contribution in [0.25, 0.3) is 11.4 Å². The molecule has 0 spiro atoms. The van der Waals surface area contributed by atoms with Crippen molar-refractivity contribution in [3.05, 3.63) is 47.6 Å². The summed E-state index contributed by atoms with van der Waals surface area (Å²) in [7, 11) is 0. The third-order valence-corrected chi connectivity index (χ3v) is 5.57. The number of thioether (sulfide) groups is 1. The van der Waals surface area contributed by atoms with E-state index in [-0.39, 0.29) is 5.82 Å². The lowest BCUT2D eigenvalue weighted by atomic mass is 10.2. The Balaban J connectivity index is 1.54. The molecule has 28 heavy (non-hydrogen) atoms. The van der Waals surface area contributed by atoms with Gasteiger partial charge in [-0.1, -0.05) is 16.9 Å². The van der Waals surface area contributed by atoms with E-state index >= 15 is 0 Å². The van der Waals surface area contributed by atoms with Crippen molar-refractivity contribution in [3.8, 4) is 11.4 Å². The number of morpholine rings is 1. The molecule has 1 aliphatic heterocycles. The number of rotatable bonds is 7. The Labute approximate surface area is 166 Å². The largest absolute Gasteiger partial charge is 0.379 e. The molecule has 0 aliphatic carbocycles. The molecule has 3 heterocycles. The van der Waals surface area contributed by atoms with Gasteiger partial charge < -0.3 is 13.8 Å². The molecule has 1 fully saturated rings. The van der Waals surface area contributed by atoms with Crippen molar-refractivity contribution in [3.63, 3.8) is 0 Å². The lowest BCUT2D eigenvalue weighted by Crippen LogP contribution is -2.38. The van der Waals surface area contributed by atoms with E-state index in [2.05, 4.69) is 24.8 Å². The second kappa shape index (κ2) is 8.85. The minimum atomic E-state index is -0.265. The monoisotopic (exact) mass is 403 g/mol. The van der Waals surface area contributed by atoms with Gasteiger partial charge in [-0.15, -0.1) is 10.2 Å². The van der Waals surface area contributed by atoms with Gasteiger partial charge in [0, 0.05) is 37.8 Å². The van der Waals surface area contributed by atoms with Crippen LogP contribution in [0.3, 0.4) is 0 Å². The van der Waals surface area contributed by atoms with Gasteiger partial charge in [0.2, 0.25) is 0 Å². The summed E-state index contributed by atoms with van der Waals surface area (Å²) in [5.41, 5.74) is 1.70. The molecule has 1 saturated heterocycles. The maximum atomic E-state index is 13.3. The van der Waals surface area contributed by atoms with Gasteiger partial charge >= 0.3 is 0 Å². The number of benzene rings is 1.